The number of piperazine rings is 1. The summed E-state index contributed by atoms with van der Waals surface area (Å²) in [4.78, 5) is 30.2. The molecule has 2 aliphatic rings. The van der Waals surface area contributed by atoms with E-state index in [1.54, 1.807) is 12.1 Å². The van der Waals surface area contributed by atoms with E-state index in [2.05, 4.69) is 22.3 Å². The molecule has 7 heteroatoms. The van der Waals surface area contributed by atoms with Crippen molar-refractivity contribution < 1.29 is 9.59 Å². The van der Waals surface area contributed by atoms with Crippen molar-refractivity contribution in [3.8, 4) is 0 Å². The minimum atomic E-state index is -0.404. The average Bonchev–Trinajstić information content (AvgIpc) is 2.69. The first-order chi connectivity index (χ1) is 13.1. The van der Waals surface area contributed by atoms with Gasteiger partial charge in [0.1, 0.15) is 0 Å². The summed E-state index contributed by atoms with van der Waals surface area (Å²) in [6.45, 7) is 2.97. The summed E-state index contributed by atoms with van der Waals surface area (Å²) in [6, 6.07) is 15.7. The van der Waals surface area contributed by atoms with Crippen LogP contribution in [0.3, 0.4) is 0 Å². The number of carbonyl (C=O) groups is 2. The van der Waals surface area contributed by atoms with Crippen LogP contribution in [0, 0.1) is 0 Å². The van der Waals surface area contributed by atoms with Crippen LogP contribution in [0.1, 0.15) is 6.42 Å². The number of amides is 2. The number of para-hydroxylation sites is 1. The molecule has 140 valence electrons. The Morgan fingerprint density at radius 1 is 1.11 bits per heavy atom. The SMILES string of the molecule is O=C1Nc2cc(Cl)ccc2S[C@H]1CC(=O)N1CCN(c2ccccc2)CC1. The summed E-state index contributed by atoms with van der Waals surface area (Å²) < 4.78 is 0. The Labute approximate surface area is 167 Å². The van der Waals surface area contributed by atoms with Crippen LogP contribution in [0.4, 0.5) is 11.4 Å². The fraction of sp³-hybridized carbons (Fsp3) is 0.300. The Hall–Kier alpha value is -2.18. The second kappa shape index (κ2) is 7.82. The van der Waals surface area contributed by atoms with Crippen molar-refractivity contribution in [2.75, 3.05) is 36.4 Å². The van der Waals surface area contributed by atoms with Crippen molar-refractivity contribution in [1.82, 2.24) is 4.90 Å². The van der Waals surface area contributed by atoms with Gasteiger partial charge in [0.15, 0.2) is 0 Å². The van der Waals surface area contributed by atoms with Gasteiger partial charge in [-0.1, -0.05) is 29.8 Å². The Bertz CT molecular complexity index is 854. The number of hydrogen-bond donors (Lipinski definition) is 1. The van der Waals surface area contributed by atoms with Crippen molar-refractivity contribution in [2.45, 2.75) is 16.6 Å². The third-order valence-electron chi connectivity index (χ3n) is 4.87. The highest BCUT2D eigenvalue weighted by Gasteiger charge is 2.31. The van der Waals surface area contributed by atoms with Crippen molar-refractivity contribution >= 4 is 46.6 Å². The van der Waals surface area contributed by atoms with Crippen LogP contribution < -0.4 is 10.2 Å². The first kappa shape index (κ1) is 18.2. The van der Waals surface area contributed by atoms with Crippen LogP contribution in [0.2, 0.25) is 5.02 Å². The number of nitrogens with zero attached hydrogens (tertiary/aromatic N) is 2. The quantitative estimate of drug-likeness (QED) is 0.855. The largest absolute Gasteiger partial charge is 0.368 e. The van der Waals surface area contributed by atoms with Gasteiger partial charge in [0.05, 0.1) is 10.9 Å². The molecule has 2 aliphatic heterocycles. The number of carbonyl (C=O) groups excluding carboxylic acids is 2. The molecular weight excluding hydrogens is 382 g/mol. The molecule has 5 nitrogen and oxygen atoms in total. The summed E-state index contributed by atoms with van der Waals surface area (Å²) in [5.41, 5.74) is 1.90. The summed E-state index contributed by atoms with van der Waals surface area (Å²) in [7, 11) is 0. The fourth-order valence-corrected chi connectivity index (χ4v) is 4.65. The van der Waals surface area contributed by atoms with Crippen LogP contribution >= 0.6 is 23.4 Å². The van der Waals surface area contributed by atoms with Gasteiger partial charge >= 0.3 is 0 Å². The number of rotatable bonds is 3. The number of nitrogens with one attached hydrogen (secondary N) is 1. The number of anilines is 2. The number of thioether (sulfide) groups is 1. The molecule has 2 heterocycles. The Morgan fingerprint density at radius 2 is 1.85 bits per heavy atom. The second-order valence-corrected chi connectivity index (χ2v) is 8.32. The van der Waals surface area contributed by atoms with Crippen molar-refractivity contribution in [3.05, 3.63) is 53.6 Å². The zero-order valence-electron chi connectivity index (χ0n) is 14.7. The molecular formula is C20H20ClN3O2S. The number of hydrogen-bond acceptors (Lipinski definition) is 4. The van der Waals surface area contributed by atoms with Crippen molar-refractivity contribution in [1.29, 1.82) is 0 Å². The van der Waals surface area contributed by atoms with Gasteiger partial charge in [0.25, 0.3) is 0 Å². The van der Waals surface area contributed by atoms with Gasteiger partial charge in [-0.15, -0.1) is 11.8 Å². The second-order valence-electron chi connectivity index (χ2n) is 6.64. The van der Waals surface area contributed by atoms with E-state index in [0.717, 1.165) is 23.7 Å². The predicted molar refractivity (Wildman–Crippen MR) is 110 cm³/mol. The van der Waals surface area contributed by atoms with E-state index >= 15 is 0 Å². The molecule has 1 fully saturated rings. The summed E-state index contributed by atoms with van der Waals surface area (Å²) in [5, 5.41) is 3.04. The average molecular weight is 402 g/mol. The van der Waals surface area contributed by atoms with E-state index in [4.69, 9.17) is 11.6 Å². The first-order valence-electron chi connectivity index (χ1n) is 8.95. The Kier molecular flexibility index (Phi) is 5.27. The lowest BCUT2D eigenvalue weighted by Crippen LogP contribution is -2.49. The standard InChI is InChI=1S/C20H20ClN3O2S/c21-14-6-7-17-16(12-14)22-20(26)18(27-17)13-19(25)24-10-8-23(9-11-24)15-4-2-1-3-5-15/h1-7,12,18H,8-11,13H2,(H,22,26)/t18-/m0/s1. The minimum absolute atomic E-state index is 0.0350. The minimum Gasteiger partial charge on any atom is -0.368 e. The lowest BCUT2D eigenvalue weighted by molar-refractivity contribution is -0.132. The summed E-state index contributed by atoms with van der Waals surface area (Å²) in [6.07, 6.45) is 0.212. The zero-order valence-corrected chi connectivity index (χ0v) is 16.3. The molecule has 0 unspecified atom stereocenters. The van der Waals surface area contributed by atoms with Crippen LogP contribution in [-0.4, -0.2) is 48.1 Å². The van der Waals surface area contributed by atoms with Crippen LogP contribution in [0.25, 0.3) is 0 Å². The lowest BCUT2D eigenvalue weighted by Gasteiger charge is -2.36. The van der Waals surface area contributed by atoms with E-state index in [1.165, 1.54) is 17.4 Å². The fourth-order valence-electron chi connectivity index (χ4n) is 3.40. The molecule has 1 saturated heterocycles. The molecule has 4 rings (SSSR count). The van der Waals surface area contributed by atoms with E-state index in [1.807, 2.05) is 29.2 Å². The monoisotopic (exact) mass is 401 g/mol. The van der Waals surface area contributed by atoms with E-state index < -0.39 is 5.25 Å². The van der Waals surface area contributed by atoms with Crippen molar-refractivity contribution in [2.24, 2.45) is 0 Å². The van der Waals surface area contributed by atoms with Crippen LogP contribution in [0.5, 0.6) is 0 Å². The molecule has 27 heavy (non-hydrogen) atoms. The molecule has 0 saturated carbocycles. The maximum Gasteiger partial charge on any atom is 0.238 e. The third-order valence-corrected chi connectivity index (χ3v) is 6.39. The van der Waals surface area contributed by atoms with E-state index in [9.17, 15) is 9.59 Å². The lowest BCUT2D eigenvalue weighted by atomic mass is 10.2. The molecule has 0 aliphatic carbocycles. The topological polar surface area (TPSA) is 52.7 Å². The zero-order chi connectivity index (χ0) is 18.8. The maximum absolute atomic E-state index is 12.7. The van der Waals surface area contributed by atoms with Crippen LogP contribution in [-0.2, 0) is 9.59 Å². The maximum atomic E-state index is 12.7. The Balaban J connectivity index is 1.35. The van der Waals surface area contributed by atoms with Gasteiger partial charge in [0, 0.05) is 48.2 Å². The van der Waals surface area contributed by atoms with Gasteiger partial charge in [-0.25, -0.2) is 0 Å². The molecule has 2 amide bonds. The predicted octanol–water partition coefficient (Wildman–Crippen LogP) is 3.49. The molecule has 0 radical (unpaired) electrons. The summed E-state index contributed by atoms with van der Waals surface area (Å²) in [5.74, 6) is -0.0983. The van der Waals surface area contributed by atoms with Gasteiger partial charge in [-0.2, -0.15) is 0 Å². The highest BCUT2D eigenvalue weighted by atomic mass is 35.5. The van der Waals surface area contributed by atoms with Gasteiger partial charge in [-0.3, -0.25) is 9.59 Å². The number of fused-ring (bicyclic) bond motifs is 1. The highest BCUT2D eigenvalue weighted by molar-refractivity contribution is 8.01. The van der Waals surface area contributed by atoms with E-state index in [0.29, 0.717) is 18.1 Å². The molecule has 0 spiro atoms. The smallest absolute Gasteiger partial charge is 0.238 e. The van der Waals surface area contributed by atoms with Gasteiger partial charge in [0.2, 0.25) is 11.8 Å². The summed E-state index contributed by atoms with van der Waals surface area (Å²) >= 11 is 7.41. The van der Waals surface area contributed by atoms with Gasteiger partial charge in [-0.05, 0) is 30.3 Å². The molecule has 1 atom stereocenters. The van der Waals surface area contributed by atoms with Crippen LogP contribution in [0.15, 0.2) is 53.4 Å². The first-order valence-corrected chi connectivity index (χ1v) is 10.2. The number of halogens is 1. The molecule has 2 aromatic rings. The molecule has 0 bridgehead atoms. The van der Waals surface area contributed by atoms with E-state index in [-0.39, 0.29) is 18.2 Å². The van der Waals surface area contributed by atoms with Gasteiger partial charge < -0.3 is 15.1 Å². The highest BCUT2D eigenvalue weighted by Crippen LogP contribution is 2.38. The molecule has 0 aromatic heterocycles. The third kappa shape index (κ3) is 4.06. The number of benzene rings is 2. The normalized spacial score (nSPS) is 19.4. The van der Waals surface area contributed by atoms with Crippen molar-refractivity contribution in [3.63, 3.8) is 0 Å². The molecule has 2 aromatic carbocycles. The molecule has 1 N–H and O–H groups in total. The Morgan fingerprint density at radius 3 is 2.59 bits per heavy atom.